The summed E-state index contributed by atoms with van der Waals surface area (Å²) in [5.74, 6) is 0.456. The SMILES string of the molecule is CC(C)(C)[Si](OC[C@@]1(C)[C@@H](C(O)c2ccccc2)CC[C@]2(C)c3ccc(Br)cc3CC[C@@H]12)(c1ccccc1)c1ccccc1. The molecule has 0 saturated heterocycles. The van der Waals surface area contributed by atoms with Gasteiger partial charge in [-0.15, -0.1) is 0 Å². The summed E-state index contributed by atoms with van der Waals surface area (Å²) in [4.78, 5) is 0. The van der Waals surface area contributed by atoms with Gasteiger partial charge in [0.15, 0.2) is 0 Å². The summed E-state index contributed by atoms with van der Waals surface area (Å²) < 4.78 is 8.90. The Hall–Kier alpha value is -2.50. The number of aryl methyl sites for hydroxylation is 1. The van der Waals surface area contributed by atoms with Gasteiger partial charge in [-0.2, -0.15) is 0 Å². The maximum Gasteiger partial charge on any atom is 0.261 e. The number of aliphatic hydroxyl groups excluding tert-OH is 1. The topological polar surface area (TPSA) is 29.5 Å². The molecule has 6 rings (SSSR count). The minimum Gasteiger partial charge on any atom is -0.407 e. The highest BCUT2D eigenvalue weighted by atomic mass is 79.9. The number of fused-ring (bicyclic) bond motifs is 3. The fourth-order valence-electron chi connectivity index (χ4n) is 9.18. The number of aliphatic hydroxyl groups is 1. The van der Waals surface area contributed by atoms with Gasteiger partial charge in [-0.05, 0) is 92.6 Å². The predicted octanol–water partition coefficient (Wildman–Crippen LogP) is 9.00. The second-order valence-electron chi connectivity index (χ2n) is 14.8. The third kappa shape index (κ3) is 5.26. The highest BCUT2D eigenvalue weighted by Gasteiger charge is 2.59. The Bertz CT molecular complexity index is 1530. The molecule has 4 heteroatoms. The molecule has 4 aromatic rings. The van der Waals surface area contributed by atoms with E-state index < -0.39 is 14.4 Å². The van der Waals surface area contributed by atoms with E-state index >= 15 is 0 Å². The number of hydrogen-bond acceptors (Lipinski definition) is 2. The lowest BCUT2D eigenvalue weighted by Gasteiger charge is -2.60. The molecule has 0 aliphatic heterocycles. The van der Waals surface area contributed by atoms with Gasteiger partial charge in [0.2, 0.25) is 0 Å². The van der Waals surface area contributed by atoms with Crippen LogP contribution in [0.15, 0.2) is 114 Å². The molecule has 2 nitrogen and oxygen atoms in total. The molecule has 0 bridgehead atoms. The fourth-order valence-corrected chi connectivity index (χ4v) is 14.3. The quantitative estimate of drug-likeness (QED) is 0.200. The van der Waals surface area contributed by atoms with Crippen molar-refractivity contribution in [2.75, 3.05) is 6.61 Å². The van der Waals surface area contributed by atoms with Crippen molar-refractivity contribution >= 4 is 34.6 Å². The first-order chi connectivity index (χ1) is 21.0. The summed E-state index contributed by atoms with van der Waals surface area (Å²) >= 11 is 3.73. The molecule has 5 atom stereocenters. The zero-order valence-electron chi connectivity index (χ0n) is 26.9. The molecule has 1 saturated carbocycles. The minimum atomic E-state index is -2.77. The highest BCUT2D eigenvalue weighted by Crippen LogP contribution is 2.62. The van der Waals surface area contributed by atoms with Gasteiger partial charge >= 0.3 is 0 Å². The molecule has 2 aliphatic carbocycles. The van der Waals surface area contributed by atoms with Gasteiger partial charge in [0.25, 0.3) is 8.32 Å². The second-order valence-corrected chi connectivity index (χ2v) is 20.0. The summed E-state index contributed by atoms with van der Waals surface area (Å²) in [6.45, 7) is 12.6. The van der Waals surface area contributed by atoms with Crippen LogP contribution in [0.5, 0.6) is 0 Å². The normalized spacial score (nSPS) is 26.0. The smallest absolute Gasteiger partial charge is 0.261 e. The van der Waals surface area contributed by atoms with Crippen LogP contribution in [0.3, 0.4) is 0 Å². The molecule has 0 heterocycles. The van der Waals surface area contributed by atoms with Gasteiger partial charge in [-0.3, -0.25) is 0 Å². The number of rotatable bonds is 7. The maximum absolute atomic E-state index is 12.2. The van der Waals surface area contributed by atoms with Crippen molar-refractivity contribution in [3.63, 3.8) is 0 Å². The third-order valence-corrected chi connectivity index (χ3v) is 16.8. The molecule has 0 radical (unpaired) electrons. The highest BCUT2D eigenvalue weighted by molar-refractivity contribution is 9.10. The number of hydrogen-bond donors (Lipinski definition) is 1. The number of halogens is 1. The van der Waals surface area contributed by atoms with Crippen molar-refractivity contribution in [3.8, 4) is 0 Å². The van der Waals surface area contributed by atoms with Crippen LogP contribution in [0.25, 0.3) is 0 Å². The van der Waals surface area contributed by atoms with E-state index in [1.165, 1.54) is 21.5 Å². The van der Waals surface area contributed by atoms with Gasteiger partial charge < -0.3 is 9.53 Å². The zero-order chi connectivity index (χ0) is 31.2. The standard InChI is InChI=1S/C40H47BrO2Si/c1-38(2,3)44(32-17-11-7-12-18-32,33-19-13-8-14-20-33)43-28-40(5)35(37(42)29-15-9-6-10-16-29)25-26-39(4)34-23-22-31(41)27-30(34)21-24-36(39)40/h6-20,22-23,27,35-37,42H,21,24-26,28H2,1-5H3/t35-,36-,37?,39-,40+/m1/s1. The van der Waals surface area contributed by atoms with Crippen molar-refractivity contribution in [3.05, 3.63) is 130 Å². The van der Waals surface area contributed by atoms with E-state index in [0.29, 0.717) is 12.5 Å². The van der Waals surface area contributed by atoms with Gasteiger partial charge in [0, 0.05) is 11.1 Å². The first-order valence-electron chi connectivity index (χ1n) is 16.3. The monoisotopic (exact) mass is 666 g/mol. The molecule has 1 fully saturated rings. The van der Waals surface area contributed by atoms with Crippen LogP contribution in [0.1, 0.15) is 76.7 Å². The Labute approximate surface area is 274 Å². The molecular weight excluding hydrogens is 620 g/mol. The summed E-state index contributed by atoms with van der Waals surface area (Å²) in [6.07, 6.45) is 3.63. The van der Waals surface area contributed by atoms with E-state index in [-0.39, 0.29) is 21.8 Å². The van der Waals surface area contributed by atoms with Crippen LogP contribution in [-0.2, 0) is 16.3 Å². The van der Waals surface area contributed by atoms with Crippen LogP contribution in [0, 0.1) is 17.3 Å². The molecule has 2 aliphatic rings. The third-order valence-electron chi connectivity index (χ3n) is 11.3. The van der Waals surface area contributed by atoms with Crippen LogP contribution >= 0.6 is 15.9 Å². The average Bonchev–Trinajstić information content (AvgIpc) is 3.02. The first kappa shape index (κ1) is 31.5. The van der Waals surface area contributed by atoms with Gasteiger partial charge in [-0.1, -0.05) is 148 Å². The lowest BCUT2D eigenvalue weighted by molar-refractivity contribution is -0.105. The lowest BCUT2D eigenvalue weighted by atomic mass is 9.46. The van der Waals surface area contributed by atoms with E-state index in [2.05, 4.69) is 154 Å². The Morgan fingerprint density at radius 3 is 1.98 bits per heavy atom. The molecule has 0 aromatic heterocycles. The largest absolute Gasteiger partial charge is 0.407 e. The van der Waals surface area contributed by atoms with Gasteiger partial charge in [-0.25, -0.2) is 0 Å². The van der Waals surface area contributed by atoms with Crippen LogP contribution in [-0.4, -0.2) is 20.0 Å². The summed E-state index contributed by atoms with van der Waals surface area (Å²) in [5, 5.41) is 14.7. The second kappa shape index (κ2) is 12.0. The van der Waals surface area contributed by atoms with E-state index in [0.717, 1.165) is 35.7 Å². The first-order valence-corrected chi connectivity index (χ1v) is 19.0. The summed E-state index contributed by atoms with van der Waals surface area (Å²) in [6, 6.07) is 39.2. The summed E-state index contributed by atoms with van der Waals surface area (Å²) in [5.41, 5.74) is 3.74. The molecule has 1 N–H and O–H groups in total. The van der Waals surface area contributed by atoms with E-state index in [4.69, 9.17) is 4.43 Å². The van der Waals surface area contributed by atoms with E-state index in [1.54, 1.807) is 0 Å². The molecule has 0 spiro atoms. The molecule has 1 unspecified atom stereocenters. The Kier molecular flexibility index (Phi) is 8.60. The Morgan fingerprint density at radius 2 is 1.41 bits per heavy atom. The van der Waals surface area contributed by atoms with Crippen LogP contribution in [0.2, 0.25) is 5.04 Å². The Balaban J connectivity index is 1.49. The van der Waals surface area contributed by atoms with Crippen molar-refractivity contribution in [1.82, 2.24) is 0 Å². The van der Waals surface area contributed by atoms with Crippen molar-refractivity contribution in [2.45, 2.75) is 76.9 Å². The van der Waals surface area contributed by atoms with Gasteiger partial charge in [0.05, 0.1) is 6.10 Å². The summed E-state index contributed by atoms with van der Waals surface area (Å²) in [7, 11) is -2.77. The molecule has 230 valence electrons. The van der Waals surface area contributed by atoms with Crippen LogP contribution in [0.4, 0.5) is 0 Å². The van der Waals surface area contributed by atoms with Crippen LogP contribution < -0.4 is 10.4 Å². The molecule has 4 aromatic carbocycles. The minimum absolute atomic E-state index is 0.0186. The number of benzene rings is 4. The molecular formula is C40H47BrO2Si. The fraction of sp³-hybridized carbons (Fsp3) is 0.400. The van der Waals surface area contributed by atoms with Crippen molar-refractivity contribution < 1.29 is 9.53 Å². The van der Waals surface area contributed by atoms with E-state index in [9.17, 15) is 5.11 Å². The predicted molar refractivity (Wildman–Crippen MR) is 189 cm³/mol. The van der Waals surface area contributed by atoms with Crippen molar-refractivity contribution in [2.24, 2.45) is 17.3 Å². The van der Waals surface area contributed by atoms with Crippen molar-refractivity contribution in [1.29, 1.82) is 0 Å². The maximum atomic E-state index is 12.2. The molecule has 0 amide bonds. The van der Waals surface area contributed by atoms with E-state index in [1.807, 2.05) is 6.07 Å². The Morgan fingerprint density at radius 1 is 0.841 bits per heavy atom. The molecule has 44 heavy (non-hydrogen) atoms. The average molecular weight is 668 g/mol. The lowest BCUT2D eigenvalue weighted by Crippen LogP contribution is -2.68. The zero-order valence-corrected chi connectivity index (χ0v) is 29.5. The van der Waals surface area contributed by atoms with Gasteiger partial charge in [0.1, 0.15) is 0 Å².